The van der Waals surface area contributed by atoms with Gasteiger partial charge in [-0.25, -0.2) is 0 Å². The third-order valence-electron chi connectivity index (χ3n) is 4.31. The van der Waals surface area contributed by atoms with Crippen LogP contribution in [-0.4, -0.2) is 6.04 Å². The smallest absolute Gasteiger partial charge is 0.0410 e. The fourth-order valence-corrected chi connectivity index (χ4v) is 3.27. The van der Waals surface area contributed by atoms with Crippen LogP contribution < -0.4 is 5.32 Å². The summed E-state index contributed by atoms with van der Waals surface area (Å²) in [5.74, 6) is 0.710. The van der Waals surface area contributed by atoms with Gasteiger partial charge >= 0.3 is 0 Å². The van der Waals surface area contributed by atoms with Gasteiger partial charge in [0, 0.05) is 16.8 Å². The van der Waals surface area contributed by atoms with Crippen molar-refractivity contribution in [1.29, 1.82) is 0 Å². The molecule has 1 fully saturated rings. The molecule has 0 unspecified atom stereocenters. The van der Waals surface area contributed by atoms with Crippen molar-refractivity contribution < 1.29 is 0 Å². The van der Waals surface area contributed by atoms with Crippen LogP contribution in [0.3, 0.4) is 0 Å². The van der Waals surface area contributed by atoms with Crippen molar-refractivity contribution in [2.24, 2.45) is 0 Å². The van der Waals surface area contributed by atoms with E-state index in [0.29, 0.717) is 12.0 Å². The molecule has 20 heavy (non-hydrogen) atoms. The molecule has 2 heteroatoms. The summed E-state index contributed by atoms with van der Waals surface area (Å²) in [6.45, 7) is 4.31. The van der Waals surface area contributed by atoms with Crippen LogP contribution in [0.15, 0.2) is 42.5 Å². The van der Waals surface area contributed by atoms with Gasteiger partial charge in [0.05, 0.1) is 0 Å². The predicted octanol–water partition coefficient (Wildman–Crippen LogP) is 5.31. The summed E-state index contributed by atoms with van der Waals surface area (Å²) in [4.78, 5) is 0. The van der Waals surface area contributed by atoms with Gasteiger partial charge in [0.15, 0.2) is 0 Å². The van der Waals surface area contributed by atoms with Crippen molar-refractivity contribution in [3.8, 4) is 0 Å². The lowest BCUT2D eigenvalue weighted by atomic mass is 9.74. The van der Waals surface area contributed by atoms with E-state index in [0.717, 1.165) is 5.02 Å². The number of hydrogen-bond acceptors (Lipinski definition) is 1. The summed E-state index contributed by atoms with van der Waals surface area (Å²) >= 11 is 5.99. The van der Waals surface area contributed by atoms with Crippen LogP contribution in [0.25, 0.3) is 0 Å². The molecule has 0 aromatic heterocycles. The lowest BCUT2D eigenvalue weighted by Gasteiger charge is -2.38. The molecule has 1 aliphatic carbocycles. The second-order valence-electron chi connectivity index (χ2n) is 5.83. The van der Waals surface area contributed by atoms with Crippen LogP contribution in [-0.2, 0) is 0 Å². The third-order valence-corrected chi connectivity index (χ3v) is 4.55. The number of hydrogen-bond donors (Lipinski definition) is 1. The van der Waals surface area contributed by atoms with Crippen LogP contribution in [0.2, 0.25) is 5.02 Å². The second kappa shape index (κ2) is 5.49. The Morgan fingerprint density at radius 1 is 1.00 bits per heavy atom. The van der Waals surface area contributed by atoms with Gasteiger partial charge in [0.2, 0.25) is 0 Å². The summed E-state index contributed by atoms with van der Waals surface area (Å²) in [6.07, 6.45) is 2.43. The molecule has 1 saturated carbocycles. The highest BCUT2D eigenvalue weighted by molar-refractivity contribution is 6.30. The fraction of sp³-hybridized carbons (Fsp3) is 0.333. The highest BCUT2D eigenvalue weighted by Crippen LogP contribution is 2.40. The predicted molar refractivity (Wildman–Crippen MR) is 86.8 cm³/mol. The van der Waals surface area contributed by atoms with Gasteiger partial charge in [-0.15, -0.1) is 0 Å². The normalized spacial score (nSPS) is 21.4. The average molecular weight is 286 g/mol. The van der Waals surface area contributed by atoms with Crippen molar-refractivity contribution in [1.82, 2.24) is 0 Å². The molecule has 1 aliphatic rings. The van der Waals surface area contributed by atoms with Crippen molar-refractivity contribution >= 4 is 17.3 Å². The summed E-state index contributed by atoms with van der Waals surface area (Å²) in [5, 5.41) is 4.44. The molecule has 0 spiro atoms. The van der Waals surface area contributed by atoms with E-state index in [1.165, 1.54) is 35.2 Å². The molecule has 0 amide bonds. The minimum atomic E-state index is 0.583. The van der Waals surface area contributed by atoms with E-state index in [-0.39, 0.29) is 0 Å². The Bertz CT molecular complexity index is 615. The maximum Gasteiger partial charge on any atom is 0.0410 e. The molecule has 0 aliphatic heterocycles. The molecular weight excluding hydrogens is 266 g/mol. The average Bonchev–Trinajstić information content (AvgIpc) is 2.37. The monoisotopic (exact) mass is 285 g/mol. The Hall–Kier alpha value is -1.47. The van der Waals surface area contributed by atoms with Crippen LogP contribution in [0, 0.1) is 13.8 Å². The largest absolute Gasteiger partial charge is 0.382 e. The number of benzene rings is 2. The number of halogens is 1. The van der Waals surface area contributed by atoms with E-state index in [4.69, 9.17) is 11.6 Å². The lowest BCUT2D eigenvalue weighted by molar-refractivity contribution is 0.373. The zero-order valence-corrected chi connectivity index (χ0v) is 12.7. The lowest BCUT2D eigenvalue weighted by Crippen LogP contribution is -2.34. The van der Waals surface area contributed by atoms with Gasteiger partial charge in [-0.3, -0.25) is 0 Å². The molecule has 1 N–H and O–H groups in total. The molecule has 0 atom stereocenters. The van der Waals surface area contributed by atoms with Crippen molar-refractivity contribution in [2.75, 3.05) is 5.32 Å². The highest BCUT2D eigenvalue weighted by atomic mass is 35.5. The Kier molecular flexibility index (Phi) is 3.71. The summed E-state index contributed by atoms with van der Waals surface area (Å²) < 4.78 is 0. The maximum atomic E-state index is 5.99. The summed E-state index contributed by atoms with van der Waals surface area (Å²) in [6, 6.07) is 15.4. The van der Waals surface area contributed by atoms with Gasteiger partial charge in [0.1, 0.15) is 0 Å². The standard InChI is InChI=1S/C18H20ClN/c1-12-5-3-4-6-17(12)14-10-16(11-14)20-18-8-7-15(19)9-13(18)2/h3-9,14,16,20H,10-11H2,1-2H3. The van der Waals surface area contributed by atoms with Gasteiger partial charge in [-0.05, 0) is 67.5 Å². The van der Waals surface area contributed by atoms with E-state index >= 15 is 0 Å². The Morgan fingerprint density at radius 3 is 2.45 bits per heavy atom. The Morgan fingerprint density at radius 2 is 1.75 bits per heavy atom. The second-order valence-corrected chi connectivity index (χ2v) is 6.26. The van der Waals surface area contributed by atoms with Crippen molar-refractivity contribution in [3.05, 3.63) is 64.2 Å². The molecule has 2 aromatic rings. The first-order valence-electron chi connectivity index (χ1n) is 7.21. The van der Waals surface area contributed by atoms with Crippen LogP contribution in [0.4, 0.5) is 5.69 Å². The molecule has 2 aromatic carbocycles. The van der Waals surface area contributed by atoms with E-state index in [1.807, 2.05) is 12.1 Å². The number of anilines is 1. The summed E-state index contributed by atoms with van der Waals surface area (Å²) in [5.41, 5.74) is 5.36. The number of nitrogens with one attached hydrogen (secondary N) is 1. The zero-order chi connectivity index (χ0) is 14.1. The third kappa shape index (κ3) is 2.69. The molecule has 1 nitrogen and oxygen atoms in total. The number of rotatable bonds is 3. The topological polar surface area (TPSA) is 12.0 Å². The number of aryl methyl sites for hydroxylation is 2. The highest BCUT2D eigenvalue weighted by Gasteiger charge is 2.31. The Balaban J connectivity index is 1.62. The quantitative estimate of drug-likeness (QED) is 0.805. The summed E-state index contributed by atoms with van der Waals surface area (Å²) in [7, 11) is 0. The minimum absolute atomic E-state index is 0.583. The van der Waals surface area contributed by atoms with Crippen molar-refractivity contribution in [3.63, 3.8) is 0 Å². The molecule has 0 radical (unpaired) electrons. The Labute approximate surface area is 126 Å². The molecule has 0 bridgehead atoms. The SMILES string of the molecule is Cc1cc(Cl)ccc1NC1CC(c2ccccc2C)C1. The first-order chi connectivity index (χ1) is 9.63. The van der Waals surface area contributed by atoms with Crippen molar-refractivity contribution in [2.45, 2.75) is 38.6 Å². The maximum absolute atomic E-state index is 5.99. The molecule has 0 saturated heterocycles. The van der Waals surface area contributed by atoms with E-state index in [1.54, 1.807) is 0 Å². The van der Waals surface area contributed by atoms with Crippen LogP contribution >= 0.6 is 11.6 Å². The molecular formula is C18H20ClN. The van der Waals surface area contributed by atoms with Crippen LogP contribution in [0.5, 0.6) is 0 Å². The van der Waals surface area contributed by atoms with Gasteiger partial charge in [-0.1, -0.05) is 35.9 Å². The molecule has 104 valence electrons. The first-order valence-corrected chi connectivity index (χ1v) is 7.59. The fourth-order valence-electron chi connectivity index (χ4n) is 3.04. The first kappa shape index (κ1) is 13.5. The van der Waals surface area contributed by atoms with Crippen LogP contribution in [0.1, 0.15) is 35.4 Å². The molecule has 3 rings (SSSR count). The van der Waals surface area contributed by atoms with Gasteiger partial charge in [0.25, 0.3) is 0 Å². The van der Waals surface area contributed by atoms with E-state index < -0.39 is 0 Å². The molecule has 0 heterocycles. The minimum Gasteiger partial charge on any atom is -0.382 e. The van der Waals surface area contributed by atoms with Gasteiger partial charge < -0.3 is 5.32 Å². The van der Waals surface area contributed by atoms with E-state index in [9.17, 15) is 0 Å². The van der Waals surface area contributed by atoms with E-state index in [2.05, 4.69) is 49.5 Å². The zero-order valence-electron chi connectivity index (χ0n) is 12.0. The van der Waals surface area contributed by atoms with Gasteiger partial charge in [-0.2, -0.15) is 0 Å².